The van der Waals surface area contributed by atoms with E-state index in [0.29, 0.717) is 0 Å². The quantitative estimate of drug-likeness (QED) is 0.292. The van der Waals surface area contributed by atoms with Crippen LogP contribution in [-0.2, 0) is 0 Å². The molecule has 1 aliphatic rings. The minimum absolute atomic E-state index is 0.817. The maximum absolute atomic E-state index is 4.68. The fourth-order valence-corrected chi connectivity index (χ4v) is 5.08. The van der Waals surface area contributed by atoms with Crippen LogP contribution in [0.5, 0.6) is 0 Å². The first-order chi connectivity index (χ1) is 16.9. The number of aromatic nitrogens is 4. The third-order valence-corrected chi connectivity index (χ3v) is 6.72. The molecule has 0 atom stereocenters. The van der Waals surface area contributed by atoms with Gasteiger partial charge in [-0.25, -0.2) is 9.97 Å². The van der Waals surface area contributed by atoms with Crippen LogP contribution in [0, 0.1) is 0 Å². The van der Waals surface area contributed by atoms with Crippen LogP contribution in [0.3, 0.4) is 0 Å². The van der Waals surface area contributed by atoms with Crippen LogP contribution in [0.2, 0.25) is 0 Å². The summed E-state index contributed by atoms with van der Waals surface area (Å²) < 4.78 is 4.54. The predicted octanol–water partition coefficient (Wildman–Crippen LogP) is 7.25. The lowest BCUT2D eigenvalue weighted by Crippen LogP contribution is -2.00. The summed E-state index contributed by atoms with van der Waals surface area (Å²) in [5.74, 6) is 0.817. The van der Waals surface area contributed by atoms with Gasteiger partial charge in [0.05, 0.1) is 34.6 Å². The number of benzene rings is 3. The fourth-order valence-electron chi connectivity index (χ4n) is 5.08. The summed E-state index contributed by atoms with van der Waals surface area (Å²) in [4.78, 5) is 9.37. The lowest BCUT2D eigenvalue weighted by Gasteiger charge is -2.10. The Morgan fingerprint density at radius 1 is 0.706 bits per heavy atom. The molecule has 0 unspecified atom stereocenters. The second-order valence-corrected chi connectivity index (χ2v) is 8.73. The molecule has 0 spiro atoms. The van der Waals surface area contributed by atoms with Gasteiger partial charge in [0.25, 0.3) is 0 Å². The summed E-state index contributed by atoms with van der Waals surface area (Å²) >= 11 is 0. The average Bonchev–Trinajstić information content (AvgIpc) is 3.47. The van der Waals surface area contributed by atoms with Gasteiger partial charge in [0.2, 0.25) is 0 Å². The largest absolute Gasteiger partial charge is 0.314 e. The summed E-state index contributed by atoms with van der Waals surface area (Å²) in [5, 5.41) is 3.68. The van der Waals surface area contributed by atoms with Crippen LogP contribution >= 0.6 is 0 Å². The molecule has 0 saturated carbocycles. The lowest BCUT2D eigenvalue weighted by molar-refractivity contribution is 0.983. The van der Waals surface area contributed by atoms with E-state index in [0.717, 1.165) is 29.9 Å². The molecule has 0 saturated heterocycles. The normalized spacial score (nSPS) is 13.7. The van der Waals surface area contributed by atoms with Crippen molar-refractivity contribution in [1.29, 1.82) is 0 Å². The molecular formula is C30H22N4. The molecule has 6 aromatic rings. The van der Waals surface area contributed by atoms with Gasteiger partial charge < -0.3 is 9.13 Å². The minimum atomic E-state index is 0.817. The molecule has 3 heterocycles. The van der Waals surface area contributed by atoms with Crippen LogP contribution in [0.15, 0.2) is 110 Å². The Bertz CT molecular complexity index is 1730. The van der Waals surface area contributed by atoms with Crippen molar-refractivity contribution in [3.05, 3.63) is 115 Å². The van der Waals surface area contributed by atoms with Crippen molar-refractivity contribution in [1.82, 2.24) is 19.1 Å². The summed E-state index contributed by atoms with van der Waals surface area (Å²) in [6.45, 7) is 0. The molecule has 0 aliphatic heterocycles. The first-order valence-corrected chi connectivity index (χ1v) is 11.6. The highest BCUT2D eigenvalue weighted by molar-refractivity contribution is 6.13. The van der Waals surface area contributed by atoms with E-state index in [1.54, 1.807) is 0 Å². The van der Waals surface area contributed by atoms with Gasteiger partial charge in [-0.3, -0.25) is 0 Å². The first-order valence-electron chi connectivity index (χ1n) is 11.6. The number of para-hydroxylation sites is 2. The number of rotatable bonds is 3. The fraction of sp³-hybridized carbons (Fsp3) is 0.0667. The second-order valence-electron chi connectivity index (χ2n) is 8.73. The van der Waals surface area contributed by atoms with Crippen LogP contribution in [0.25, 0.3) is 49.7 Å². The second kappa shape index (κ2) is 7.56. The first kappa shape index (κ1) is 19.1. The Hall–Kier alpha value is -4.44. The van der Waals surface area contributed by atoms with E-state index in [1.165, 1.54) is 38.5 Å². The van der Waals surface area contributed by atoms with Crippen LogP contribution in [0.1, 0.15) is 18.7 Å². The Morgan fingerprint density at radius 2 is 1.53 bits per heavy atom. The van der Waals surface area contributed by atoms with E-state index >= 15 is 0 Å². The average molecular weight is 439 g/mol. The monoisotopic (exact) mass is 438 g/mol. The summed E-state index contributed by atoms with van der Waals surface area (Å²) in [7, 11) is 0. The van der Waals surface area contributed by atoms with E-state index in [1.807, 2.05) is 12.4 Å². The van der Waals surface area contributed by atoms with Gasteiger partial charge in [0.1, 0.15) is 0 Å². The zero-order chi connectivity index (χ0) is 22.5. The van der Waals surface area contributed by atoms with E-state index in [2.05, 4.69) is 116 Å². The highest BCUT2D eigenvalue weighted by atomic mass is 15.0. The minimum Gasteiger partial charge on any atom is -0.314 e. The predicted molar refractivity (Wildman–Crippen MR) is 140 cm³/mol. The Balaban J connectivity index is 1.42. The van der Waals surface area contributed by atoms with Crippen molar-refractivity contribution in [2.24, 2.45) is 0 Å². The van der Waals surface area contributed by atoms with Gasteiger partial charge in [-0.05, 0) is 54.8 Å². The Labute approximate surface area is 197 Å². The Morgan fingerprint density at radius 3 is 2.35 bits per heavy atom. The molecule has 4 heteroatoms. The van der Waals surface area contributed by atoms with E-state index in [4.69, 9.17) is 0 Å². The molecule has 4 nitrogen and oxygen atoms in total. The zero-order valence-corrected chi connectivity index (χ0v) is 18.6. The van der Waals surface area contributed by atoms with Crippen LogP contribution in [-0.4, -0.2) is 19.1 Å². The zero-order valence-electron chi connectivity index (χ0n) is 18.6. The molecule has 3 aromatic carbocycles. The van der Waals surface area contributed by atoms with Crippen molar-refractivity contribution < 1.29 is 0 Å². The van der Waals surface area contributed by atoms with Crippen molar-refractivity contribution in [3.8, 4) is 11.4 Å². The summed E-state index contributed by atoms with van der Waals surface area (Å²) in [6, 6.07) is 26.0. The molecule has 0 N–H and O–H groups in total. The smallest absolute Gasteiger partial charge is 0.155 e. The van der Waals surface area contributed by atoms with Crippen LogP contribution < -0.4 is 0 Å². The van der Waals surface area contributed by atoms with Crippen molar-refractivity contribution in [3.63, 3.8) is 0 Å². The van der Waals surface area contributed by atoms with Gasteiger partial charge in [-0.2, -0.15) is 0 Å². The lowest BCUT2D eigenvalue weighted by atomic mass is 10.0. The molecule has 34 heavy (non-hydrogen) atoms. The van der Waals surface area contributed by atoms with Crippen LogP contribution in [0.4, 0.5) is 0 Å². The summed E-state index contributed by atoms with van der Waals surface area (Å²) in [5.41, 5.74) is 6.91. The van der Waals surface area contributed by atoms with Gasteiger partial charge in [-0.1, -0.05) is 54.6 Å². The van der Waals surface area contributed by atoms with E-state index < -0.39 is 0 Å². The molecule has 3 aromatic heterocycles. The molecule has 0 amide bonds. The SMILES string of the molecule is C1=CCCC(c2ncc(-n3ccc4cc5c(cc43)c3ccccc3n5-c3ccccc3)cn2)=C1. The van der Waals surface area contributed by atoms with E-state index in [9.17, 15) is 0 Å². The topological polar surface area (TPSA) is 35.6 Å². The Kier molecular flexibility index (Phi) is 4.24. The number of allylic oxidation sites excluding steroid dienone is 4. The number of hydrogen-bond acceptors (Lipinski definition) is 2. The molecule has 0 bridgehead atoms. The van der Waals surface area contributed by atoms with Crippen molar-refractivity contribution in [2.75, 3.05) is 0 Å². The molecule has 0 radical (unpaired) electrons. The number of nitrogens with zero attached hydrogens (tertiary/aromatic N) is 4. The number of fused-ring (bicyclic) bond motifs is 4. The van der Waals surface area contributed by atoms with Gasteiger partial charge in [-0.15, -0.1) is 0 Å². The van der Waals surface area contributed by atoms with Gasteiger partial charge in [0, 0.05) is 28.0 Å². The molecule has 1 aliphatic carbocycles. The molecular weight excluding hydrogens is 416 g/mol. The maximum atomic E-state index is 4.68. The van der Waals surface area contributed by atoms with E-state index in [-0.39, 0.29) is 0 Å². The third-order valence-electron chi connectivity index (χ3n) is 6.72. The highest BCUT2D eigenvalue weighted by Gasteiger charge is 2.15. The summed E-state index contributed by atoms with van der Waals surface area (Å²) in [6.07, 6.45) is 14.4. The highest BCUT2D eigenvalue weighted by Crippen LogP contribution is 2.35. The number of hydrogen-bond donors (Lipinski definition) is 0. The van der Waals surface area contributed by atoms with Gasteiger partial charge in [0.15, 0.2) is 5.82 Å². The standard InChI is InChI=1S/C30H22N4/c1-3-9-21(10-4-1)30-31-19-24(20-32-30)33-16-15-22-17-29-26(18-28(22)33)25-13-7-8-14-27(25)34(29)23-11-5-2-6-12-23/h1-3,5-9,11-20H,4,10H2. The van der Waals surface area contributed by atoms with Crippen molar-refractivity contribution >= 4 is 38.3 Å². The molecule has 7 rings (SSSR count). The molecule has 162 valence electrons. The third kappa shape index (κ3) is 2.92. The molecule has 0 fully saturated rings. The van der Waals surface area contributed by atoms with Crippen molar-refractivity contribution in [2.45, 2.75) is 12.8 Å². The maximum Gasteiger partial charge on any atom is 0.155 e. The van der Waals surface area contributed by atoms with Gasteiger partial charge >= 0.3 is 0 Å².